The first-order valence-electron chi connectivity index (χ1n) is 12.4. The molecule has 1 aliphatic rings. The van der Waals surface area contributed by atoms with E-state index in [4.69, 9.17) is 15.8 Å². The maximum absolute atomic E-state index is 13.0. The van der Waals surface area contributed by atoms with Gasteiger partial charge in [-0.1, -0.05) is 36.4 Å². The van der Waals surface area contributed by atoms with E-state index in [2.05, 4.69) is 22.4 Å². The van der Waals surface area contributed by atoms with Crippen molar-refractivity contribution in [3.63, 3.8) is 0 Å². The number of nitrogen functional groups attached to an aromatic ring is 1. The molecule has 8 heteroatoms. The lowest BCUT2D eigenvalue weighted by Crippen LogP contribution is -2.45. The zero-order valence-corrected chi connectivity index (χ0v) is 20.3. The van der Waals surface area contributed by atoms with E-state index in [0.717, 1.165) is 47.4 Å². The maximum Gasteiger partial charge on any atom is 0.253 e. The number of hydrogen-bond acceptors (Lipinski definition) is 6. The van der Waals surface area contributed by atoms with E-state index in [-0.39, 0.29) is 11.9 Å². The quantitative estimate of drug-likeness (QED) is 0.345. The van der Waals surface area contributed by atoms with Crippen LogP contribution in [0.2, 0.25) is 0 Å². The maximum atomic E-state index is 13.0. The van der Waals surface area contributed by atoms with E-state index in [0.29, 0.717) is 23.7 Å². The number of nitrogens with zero attached hydrogens (tertiary/aromatic N) is 5. The molecule has 1 atom stereocenters. The van der Waals surface area contributed by atoms with Gasteiger partial charge in [-0.3, -0.25) is 4.79 Å². The summed E-state index contributed by atoms with van der Waals surface area (Å²) in [4.78, 5) is 24.3. The Morgan fingerprint density at radius 1 is 0.973 bits per heavy atom. The summed E-state index contributed by atoms with van der Waals surface area (Å²) in [5.41, 5.74) is 11.7. The first kappa shape index (κ1) is 22.7. The molecule has 2 aromatic carbocycles. The van der Waals surface area contributed by atoms with Gasteiger partial charge in [-0.05, 0) is 55.3 Å². The molecule has 0 spiro atoms. The van der Waals surface area contributed by atoms with Crippen LogP contribution in [-0.2, 0) is 0 Å². The van der Waals surface area contributed by atoms with Gasteiger partial charge in [0.15, 0.2) is 0 Å². The molecule has 4 heterocycles. The molecule has 6 rings (SSSR count). The number of benzene rings is 2. The zero-order chi connectivity index (χ0) is 25.2. The van der Waals surface area contributed by atoms with Crippen LogP contribution in [0.4, 0.5) is 11.6 Å². The minimum absolute atomic E-state index is 0.0139. The summed E-state index contributed by atoms with van der Waals surface area (Å²) in [6, 6.07) is 25.2. The highest BCUT2D eigenvalue weighted by atomic mass is 16.2. The summed E-state index contributed by atoms with van der Waals surface area (Å²) in [6.07, 6.45) is 5.56. The summed E-state index contributed by atoms with van der Waals surface area (Å²) in [7, 11) is 0. The van der Waals surface area contributed by atoms with Gasteiger partial charge >= 0.3 is 0 Å². The second kappa shape index (κ2) is 9.73. The molecule has 0 radical (unpaired) electrons. The summed E-state index contributed by atoms with van der Waals surface area (Å²) in [6.45, 7) is 1.31. The number of anilines is 2. The third-order valence-electron chi connectivity index (χ3n) is 6.70. The highest BCUT2D eigenvalue weighted by molar-refractivity contribution is 5.94. The van der Waals surface area contributed by atoms with E-state index in [1.165, 1.54) is 0 Å². The number of amides is 1. The van der Waals surface area contributed by atoms with Crippen LogP contribution >= 0.6 is 0 Å². The van der Waals surface area contributed by atoms with Crippen LogP contribution in [0.25, 0.3) is 28.0 Å². The van der Waals surface area contributed by atoms with Crippen LogP contribution in [0, 0.1) is 0 Å². The zero-order valence-electron chi connectivity index (χ0n) is 20.3. The number of fused-ring (bicyclic) bond motifs is 1. The van der Waals surface area contributed by atoms with E-state index >= 15 is 0 Å². The van der Waals surface area contributed by atoms with Gasteiger partial charge in [0, 0.05) is 48.3 Å². The lowest BCUT2D eigenvalue weighted by molar-refractivity contribution is 0.0714. The number of nitrogens with two attached hydrogens (primary N) is 1. The third-order valence-corrected chi connectivity index (χ3v) is 6.70. The van der Waals surface area contributed by atoms with Gasteiger partial charge in [0.25, 0.3) is 5.91 Å². The Bertz CT molecular complexity index is 1550. The van der Waals surface area contributed by atoms with E-state index in [9.17, 15) is 4.79 Å². The first-order chi connectivity index (χ1) is 18.2. The van der Waals surface area contributed by atoms with Crippen molar-refractivity contribution in [3.05, 3.63) is 96.8 Å². The summed E-state index contributed by atoms with van der Waals surface area (Å²) >= 11 is 0. The third kappa shape index (κ3) is 4.61. The number of nitrogens with one attached hydrogen (secondary N) is 1. The lowest BCUT2D eigenvalue weighted by atomic mass is 10.0. The number of carbonyl (C=O) groups is 1. The van der Waals surface area contributed by atoms with Gasteiger partial charge in [-0.25, -0.2) is 14.5 Å². The van der Waals surface area contributed by atoms with E-state index in [1.54, 1.807) is 30.5 Å². The summed E-state index contributed by atoms with van der Waals surface area (Å²) in [5.74, 6) is 0.554. The molecule has 3 N–H and O–H groups in total. The van der Waals surface area contributed by atoms with Crippen molar-refractivity contribution in [2.24, 2.45) is 0 Å². The minimum Gasteiger partial charge on any atom is -0.399 e. The van der Waals surface area contributed by atoms with Gasteiger partial charge in [-0.15, -0.1) is 0 Å². The fourth-order valence-electron chi connectivity index (χ4n) is 4.89. The largest absolute Gasteiger partial charge is 0.399 e. The van der Waals surface area contributed by atoms with Crippen LogP contribution in [0.15, 0.2) is 91.3 Å². The van der Waals surface area contributed by atoms with Gasteiger partial charge in [0.2, 0.25) is 5.95 Å². The Balaban J connectivity index is 1.27. The molecule has 1 fully saturated rings. The van der Waals surface area contributed by atoms with Crippen molar-refractivity contribution in [1.82, 2.24) is 24.5 Å². The molecule has 0 aliphatic carbocycles. The van der Waals surface area contributed by atoms with Gasteiger partial charge in [0.05, 0.1) is 16.8 Å². The number of piperidine rings is 1. The topological polar surface area (TPSA) is 101 Å². The summed E-state index contributed by atoms with van der Waals surface area (Å²) in [5, 5.41) is 8.32. The average molecular weight is 490 g/mol. The smallest absolute Gasteiger partial charge is 0.253 e. The van der Waals surface area contributed by atoms with Crippen LogP contribution < -0.4 is 11.1 Å². The molecule has 0 bridgehead atoms. The lowest BCUT2D eigenvalue weighted by Gasteiger charge is -2.33. The molecule has 37 heavy (non-hydrogen) atoms. The molecule has 1 amide bonds. The molecule has 1 saturated heterocycles. The van der Waals surface area contributed by atoms with Gasteiger partial charge in [0.1, 0.15) is 5.69 Å². The molecular weight excluding hydrogens is 462 g/mol. The van der Waals surface area contributed by atoms with Gasteiger partial charge < -0.3 is 16.0 Å². The highest BCUT2D eigenvalue weighted by Crippen LogP contribution is 2.34. The van der Waals surface area contributed by atoms with Gasteiger partial charge in [-0.2, -0.15) is 5.10 Å². The summed E-state index contributed by atoms with van der Waals surface area (Å²) < 4.78 is 1.88. The fourth-order valence-corrected chi connectivity index (χ4v) is 4.89. The van der Waals surface area contributed by atoms with Crippen molar-refractivity contribution >= 4 is 23.1 Å². The SMILES string of the molecule is Nc1ccc(C(=O)N2CCCC(Nc3nccc(-c4c(-c5ccccc5)nn5ccccc45)n3)C2)cc1. The molecule has 1 unspecified atom stereocenters. The monoisotopic (exact) mass is 489 g/mol. The van der Waals surface area contributed by atoms with E-state index in [1.807, 2.05) is 58.1 Å². The Morgan fingerprint density at radius 3 is 2.62 bits per heavy atom. The molecule has 5 aromatic rings. The number of likely N-dealkylation sites (tertiary alicyclic amines) is 1. The standard InChI is InChI=1S/C29H27N7O/c30-22-13-11-21(12-14-22)28(37)35-17-6-9-23(19-35)32-29-31-16-15-24(33-29)26-25-10-4-5-18-36(25)34-27(26)20-7-2-1-3-8-20/h1-5,7-8,10-16,18,23H,6,9,17,19,30H2,(H,31,32,33). The second-order valence-electron chi connectivity index (χ2n) is 9.24. The Kier molecular flexibility index (Phi) is 5.98. The van der Waals surface area contributed by atoms with Crippen molar-refractivity contribution in [2.45, 2.75) is 18.9 Å². The Labute approximate surface area is 214 Å². The molecular formula is C29H27N7O. The van der Waals surface area contributed by atoms with Crippen LogP contribution in [-0.4, -0.2) is 49.5 Å². The Morgan fingerprint density at radius 2 is 1.78 bits per heavy atom. The molecule has 184 valence electrons. The van der Waals surface area contributed by atoms with Crippen molar-refractivity contribution < 1.29 is 4.79 Å². The minimum atomic E-state index is 0.0139. The molecule has 3 aromatic heterocycles. The van der Waals surface area contributed by atoms with Crippen molar-refractivity contribution in [3.8, 4) is 22.5 Å². The molecule has 8 nitrogen and oxygen atoms in total. The normalized spacial score (nSPS) is 15.6. The average Bonchev–Trinajstić information content (AvgIpc) is 3.34. The van der Waals surface area contributed by atoms with Crippen LogP contribution in [0.5, 0.6) is 0 Å². The first-order valence-corrected chi connectivity index (χ1v) is 12.4. The number of carbonyl (C=O) groups excluding carboxylic acids is 1. The van der Waals surface area contributed by atoms with Crippen LogP contribution in [0.3, 0.4) is 0 Å². The predicted molar refractivity (Wildman–Crippen MR) is 145 cm³/mol. The Hall–Kier alpha value is -4.72. The number of pyridine rings is 1. The molecule has 1 aliphatic heterocycles. The highest BCUT2D eigenvalue weighted by Gasteiger charge is 2.25. The van der Waals surface area contributed by atoms with Crippen molar-refractivity contribution in [2.75, 3.05) is 24.1 Å². The van der Waals surface area contributed by atoms with Crippen molar-refractivity contribution in [1.29, 1.82) is 0 Å². The van der Waals surface area contributed by atoms with E-state index < -0.39 is 0 Å². The predicted octanol–water partition coefficient (Wildman–Crippen LogP) is 4.76. The number of rotatable bonds is 5. The number of aromatic nitrogens is 4. The fraction of sp³-hybridized carbons (Fsp3) is 0.172. The molecule has 0 saturated carbocycles. The second-order valence-corrected chi connectivity index (χ2v) is 9.24. The van der Waals surface area contributed by atoms with Crippen LogP contribution in [0.1, 0.15) is 23.2 Å². The number of hydrogen-bond donors (Lipinski definition) is 2.